The first-order chi connectivity index (χ1) is 5.52. The molecular weight excluding hydrogens is 199 g/mol. The van der Waals surface area contributed by atoms with Crippen molar-refractivity contribution in [3.63, 3.8) is 0 Å². The predicted octanol–water partition coefficient (Wildman–Crippen LogP) is 0.773. The summed E-state index contributed by atoms with van der Waals surface area (Å²) in [5, 5.41) is 9.47. The number of aromatic hydroxyl groups is 1. The van der Waals surface area contributed by atoms with Gasteiger partial charge in [0, 0.05) is 0 Å². The van der Waals surface area contributed by atoms with E-state index in [4.69, 9.17) is 0 Å². The van der Waals surface area contributed by atoms with Crippen LogP contribution in [0.3, 0.4) is 0 Å². The van der Waals surface area contributed by atoms with Crippen LogP contribution in [0.25, 0.3) is 0 Å². The van der Waals surface area contributed by atoms with Crippen molar-refractivity contribution in [3.8, 4) is 5.75 Å². The molecule has 0 heterocycles. The van der Waals surface area contributed by atoms with Crippen molar-refractivity contribution in [2.45, 2.75) is 41.0 Å². The van der Waals surface area contributed by atoms with Crippen molar-refractivity contribution in [2.75, 3.05) is 0 Å². The number of phenolic OH excluding ortho intramolecular Hbond substituents is 1. The Balaban J connectivity index is 0. The van der Waals surface area contributed by atoms with E-state index in [1.165, 1.54) is 11.1 Å². The first kappa shape index (κ1) is 17.1. The fraction of sp³-hybridized carbons (Fsp3) is 0.500. The summed E-state index contributed by atoms with van der Waals surface area (Å²) in [6.45, 7) is 8.28. The van der Waals surface area contributed by atoms with Gasteiger partial charge in [-0.3, -0.25) is 0 Å². The molecule has 0 atom stereocenters. The summed E-state index contributed by atoms with van der Waals surface area (Å²) >= 11 is 0. The maximum atomic E-state index is 9.47. The van der Waals surface area contributed by atoms with Crippen LogP contribution in [-0.2, 0) is 0 Å². The van der Waals surface area contributed by atoms with Gasteiger partial charge in [0.2, 0.25) is 0 Å². The molecule has 0 aliphatic heterocycles. The molecule has 0 bridgehead atoms. The Bertz CT molecular complexity index is 293. The molecule has 1 nitrogen and oxygen atoms in total. The number of benzene rings is 1. The normalized spacial score (nSPS) is 9.21. The second-order valence-corrected chi connectivity index (χ2v) is 3.65. The monoisotopic (exact) mass is 219 g/mol. The topological polar surface area (TPSA) is 20.2 Å². The second kappa shape index (κ2) is 7.02. The Morgan fingerprint density at radius 1 is 1.07 bits per heavy atom. The van der Waals surface area contributed by atoms with E-state index in [-0.39, 0.29) is 58.8 Å². The van der Waals surface area contributed by atoms with Gasteiger partial charge in [-0.05, 0) is 42.5 Å². The molecule has 0 amide bonds. The molecule has 14 heavy (non-hydrogen) atoms. The van der Waals surface area contributed by atoms with E-state index in [1.54, 1.807) is 0 Å². The molecule has 2 heteroatoms. The van der Waals surface area contributed by atoms with E-state index in [0.29, 0.717) is 11.7 Å². The van der Waals surface area contributed by atoms with Gasteiger partial charge >= 0.3 is 51.4 Å². The Kier molecular flexibility index (Phi) is 8.55. The van der Waals surface area contributed by atoms with Crippen molar-refractivity contribution in [1.82, 2.24) is 0 Å². The standard InChI is InChI=1S/C11H16O.CH4.K/c1-7(2)10-6-11(12)9(4)5-8(10)3;;/h5-7,12H,1-4H3;1H4;/q;;+1. The number of hydrogen-bond acceptors (Lipinski definition) is 1. The third-order valence-electron chi connectivity index (χ3n) is 2.21. The van der Waals surface area contributed by atoms with Crippen LogP contribution in [0.2, 0.25) is 0 Å². The van der Waals surface area contributed by atoms with Gasteiger partial charge in [-0.1, -0.05) is 27.3 Å². The summed E-state index contributed by atoms with van der Waals surface area (Å²) in [6.07, 6.45) is 0. The smallest absolute Gasteiger partial charge is 0.508 e. The number of aryl methyl sites for hydroxylation is 2. The van der Waals surface area contributed by atoms with Gasteiger partial charge in [0.15, 0.2) is 0 Å². The average molecular weight is 219 g/mol. The molecule has 0 aromatic heterocycles. The molecule has 0 unspecified atom stereocenters. The first-order valence-corrected chi connectivity index (χ1v) is 4.32. The van der Waals surface area contributed by atoms with E-state index >= 15 is 0 Å². The summed E-state index contributed by atoms with van der Waals surface area (Å²) in [7, 11) is 0. The zero-order valence-electron chi connectivity index (χ0n) is 9.18. The van der Waals surface area contributed by atoms with Gasteiger partial charge in [0.1, 0.15) is 5.75 Å². The third kappa shape index (κ3) is 4.03. The Hall–Kier alpha value is 0.656. The minimum Gasteiger partial charge on any atom is -0.508 e. The van der Waals surface area contributed by atoms with Crippen molar-refractivity contribution >= 4 is 0 Å². The van der Waals surface area contributed by atoms with Crippen LogP contribution in [0.4, 0.5) is 0 Å². The fourth-order valence-electron chi connectivity index (χ4n) is 1.48. The molecule has 74 valence electrons. The molecule has 1 N–H and O–H groups in total. The van der Waals surface area contributed by atoms with Crippen LogP contribution in [-0.4, -0.2) is 5.11 Å². The van der Waals surface area contributed by atoms with Gasteiger partial charge in [0.25, 0.3) is 0 Å². The minimum atomic E-state index is 0. The summed E-state index contributed by atoms with van der Waals surface area (Å²) < 4.78 is 0. The van der Waals surface area contributed by atoms with Crippen LogP contribution < -0.4 is 51.4 Å². The summed E-state index contributed by atoms with van der Waals surface area (Å²) in [6, 6.07) is 3.90. The Morgan fingerprint density at radius 3 is 2.00 bits per heavy atom. The molecule has 0 fully saturated rings. The molecule has 0 saturated carbocycles. The Morgan fingerprint density at radius 2 is 1.57 bits per heavy atom. The molecule has 0 aliphatic carbocycles. The Labute approximate surface area is 130 Å². The van der Waals surface area contributed by atoms with Crippen LogP contribution in [0, 0.1) is 13.8 Å². The molecule has 0 saturated heterocycles. The molecule has 1 aromatic rings. The number of phenols is 1. The molecular formula is C12H20KO+. The molecule has 0 spiro atoms. The minimum absolute atomic E-state index is 0. The SMILES string of the molecule is C.Cc1cc(C)c(C(C)C)cc1O.[K+]. The third-order valence-corrected chi connectivity index (χ3v) is 2.21. The first-order valence-electron chi connectivity index (χ1n) is 4.32. The molecule has 0 aliphatic rings. The van der Waals surface area contributed by atoms with E-state index in [2.05, 4.69) is 20.8 Å². The molecule has 0 radical (unpaired) electrons. The van der Waals surface area contributed by atoms with Gasteiger partial charge < -0.3 is 5.11 Å². The summed E-state index contributed by atoms with van der Waals surface area (Å²) in [5.41, 5.74) is 3.45. The van der Waals surface area contributed by atoms with Gasteiger partial charge in [-0.25, -0.2) is 0 Å². The van der Waals surface area contributed by atoms with Crippen LogP contribution in [0.1, 0.15) is 43.9 Å². The average Bonchev–Trinajstić information content (AvgIpc) is 1.96. The zero-order chi connectivity index (χ0) is 9.30. The van der Waals surface area contributed by atoms with Crippen molar-refractivity contribution in [2.24, 2.45) is 0 Å². The van der Waals surface area contributed by atoms with Gasteiger partial charge in [-0.15, -0.1) is 0 Å². The zero-order valence-corrected chi connectivity index (χ0v) is 12.3. The maximum absolute atomic E-state index is 9.47. The molecule has 1 rings (SSSR count). The van der Waals surface area contributed by atoms with Crippen LogP contribution >= 0.6 is 0 Å². The quantitative estimate of drug-likeness (QED) is 0.692. The van der Waals surface area contributed by atoms with Gasteiger partial charge in [-0.2, -0.15) is 0 Å². The fourth-order valence-corrected chi connectivity index (χ4v) is 1.48. The van der Waals surface area contributed by atoms with Crippen molar-refractivity contribution in [3.05, 3.63) is 28.8 Å². The van der Waals surface area contributed by atoms with E-state index < -0.39 is 0 Å². The van der Waals surface area contributed by atoms with E-state index in [1.807, 2.05) is 19.1 Å². The summed E-state index contributed by atoms with van der Waals surface area (Å²) in [5.74, 6) is 0.890. The molecule has 1 aromatic carbocycles. The largest absolute Gasteiger partial charge is 1.00 e. The van der Waals surface area contributed by atoms with E-state index in [9.17, 15) is 5.11 Å². The van der Waals surface area contributed by atoms with Crippen LogP contribution in [0.5, 0.6) is 5.75 Å². The number of hydrogen-bond donors (Lipinski definition) is 1. The van der Waals surface area contributed by atoms with Crippen molar-refractivity contribution < 1.29 is 56.5 Å². The second-order valence-electron chi connectivity index (χ2n) is 3.65. The van der Waals surface area contributed by atoms with E-state index in [0.717, 1.165) is 5.56 Å². The predicted molar refractivity (Wildman–Crippen MR) is 58.4 cm³/mol. The number of rotatable bonds is 1. The van der Waals surface area contributed by atoms with Crippen molar-refractivity contribution in [1.29, 1.82) is 0 Å². The van der Waals surface area contributed by atoms with Gasteiger partial charge in [0.05, 0.1) is 0 Å². The maximum Gasteiger partial charge on any atom is 1.00 e. The summed E-state index contributed by atoms with van der Waals surface area (Å²) in [4.78, 5) is 0. The van der Waals surface area contributed by atoms with Crippen LogP contribution in [0.15, 0.2) is 12.1 Å².